The van der Waals surface area contributed by atoms with E-state index in [1.165, 1.54) is 3.97 Å². The van der Waals surface area contributed by atoms with Crippen LogP contribution < -0.4 is 0 Å². The molecule has 0 amide bonds. The fourth-order valence-electron chi connectivity index (χ4n) is 2.77. The van der Waals surface area contributed by atoms with Gasteiger partial charge in [-0.25, -0.2) is 12.4 Å². The molecule has 0 radical (unpaired) electrons. The molecule has 0 N–H and O–H groups in total. The number of hydrogen-bond acceptors (Lipinski definition) is 3. The van der Waals surface area contributed by atoms with Crippen molar-refractivity contribution in [1.29, 1.82) is 0 Å². The molecular weight excluding hydrogens is 424 g/mol. The smallest absolute Gasteiger partial charge is 0.269 e. The second-order valence-electron chi connectivity index (χ2n) is 6.07. The van der Waals surface area contributed by atoms with E-state index in [4.69, 9.17) is 11.6 Å². The Morgan fingerprint density at radius 2 is 1.84 bits per heavy atom. The number of hydrogen-bond donors (Lipinski definition) is 0. The Labute approximate surface area is 161 Å². The maximum Gasteiger partial charge on any atom is 0.269 e. The molecule has 25 heavy (non-hydrogen) atoms. The Kier molecular flexibility index (Phi) is 5.25. The Hall–Kier alpha value is -1.34. The van der Waals surface area contributed by atoms with E-state index in [9.17, 15) is 8.42 Å². The summed E-state index contributed by atoms with van der Waals surface area (Å²) in [5, 5.41) is 1.29. The number of aromatic nitrogens is 1. The molecular formula is C18H18BrClN2O2S. The van der Waals surface area contributed by atoms with Gasteiger partial charge in [-0.2, -0.15) is 0 Å². The first-order valence-electron chi connectivity index (χ1n) is 7.75. The maximum absolute atomic E-state index is 13.2. The third-order valence-electron chi connectivity index (χ3n) is 4.03. The van der Waals surface area contributed by atoms with E-state index in [2.05, 4.69) is 20.8 Å². The first-order chi connectivity index (χ1) is 11.8. The highest BCUT2D eigenvalue weighted by Gasteiger charge is 2.24. The summed E-state index contributed by atoms with van der Waals surface area (Å²) >= 11 is 9.70. The van der Waals surface area contributed by atoms with Crippen LogP contribution in [0.4, 0.5) is 0 Å². The fraction of sp³-hybridized carbons (Fsp3) is 0.222. The fourth-order valence-corrected chi connectivity index (χ4v) is 5.46. The van der Waals surface area contributed by atoms with E-state index in [-0.39, 0.29) is 4.90 Å². The number of para-hydroxylation sites is 1. The van der Waals surface area contributed by atoms with Crippen LogP contribution in [0, 0.1) is 0 Å². The van der Waals surface area contributed by atoms with Gasteiger partial charge in [0.2, 0.25) is 0 Å². The van der Waals surface area contributed by atoms with Crippen molar-refractivity contribution in [1.82, 2.24) is 8.87 Å². The largest absolute Gasteiger partial charge is 0.309 e. The van der Waals surface area contributed by atoms with Crippen LogP contribution in [-0.2, 0) is 16.4 Å². The van der Waals surface area contributed by atoms with Gasteiger partial charge >= 0.3 is 0 Å². The van der Waals surface area contributed by atoms with Crippen LogP contribution in [0.2, 0.25) is 5.02 Å². The molecule has 0 fully saturated rings. The number of benzene rings is 2. The number of nitrogens with zero attached hydrogens (tertiary/aromatic N) is 2. The standard InChI is InChI=1S/C18H18BrClN2O2S/c1-21(2)11-10-13-12-22(18-14(13)6-5-8-16(18)20)25(23,24)17-9-4-3-7-15(17)19/h3-9,12H,10-11H2,1-2H3. The van der Waals surface area contributed by atoms with E-state index in [0.29, 0.717) is 15.0 Å². The highest BCUT2D eigenvalue weighted by Crippen LogP contribution is 2.33. The molecule has 0 bridgehead atoms. The van der Waals surface area contributed by atoms with Crippen LogP contribution in [0.5, 0.6) is 0 Å². The zero-order valence-electron chi connectivity index (χ0n) is 13.9. The molecule has 0 aliphatic rings. The zero-order chi connectivity index (χ0) is 18.2. The van der Waals surface area contributed by atoms with Gasteiger partial charge < -0.3 is 4.90 Å². The van der Waals surface area contributed by atoms with Gasteiger partial charge in [0, 0.05) is 22.6 Å². The first-order valence-corrected chi connectivity index (χ1v) is 10.4. The second kappa shape index (κ2) is 7.11. The number of halogens is 2. The van der Waals surface area contributed by atoms with Crippen molar-refractivity contribution in [3.63, 3.8) is 0 Å². The second-order valence-corrected chi connectivity index (χ2v) is 9.12. The van der Waals surface area contributed by atoms with E-state index >= 15 is 0 Å². The molecule has 3 rings (SSSR count). The summed E-state index contributed by atoms with van der Waals surface area (Å²) in [6.45, 7) is 0.820. The average Bonchev–Trinajstić information content (AvgIpc) is 2.94. The van der Waals surface area contributed by atoms with Gasteiger partial charge in [-0.1, -0.05) is 35.9 Å². The van der Waals surface area contributed by atoms with Gasteiger partial charge in [-0.05, 0) is 60.2 Å². The van der Waals surface area contributed by atoms with Crippen molar-refractivity contribution in [2.45, 2.75) is 11.3 Å². The molecule has 0 unspecified atom stereocenters. The van der Waals surface area contributed by atoms with Gasteiger partial charge in [-0.3, -0.25) is 0 Å². The maximum atomic E-state index is 13.2. The molecule has 2 aromatic carbocycles. The summed E-state index contributed by atoms with van der Waals surface area (Å²) in [5.74, 6) is 0. The summed E-state index contributed by atoms with van der Waals surface area (Å²) in [6, 6.07) is 12.3. The summed E-state index contributed by atoms with van der Waals surface area (Å²) in [7, 11) is 0.215. The Morgan fingerprint density at radius 1 is 1.12 bits per heavy atom. The minimum Gasteiger partial charge on any atom is -0.309 e. The number of likely N-dealkylation sites (N-methyl/N-ethyl adjacent to an activating group) is 1. The van der Waals surface area contributed by atoms with E-state index in [1.54, 1.807) is 36.5 Å². The monoisotopic (exact) mass is 440 g/mol. The lowest BCUT2D eigenvalue weighted by atomic mass is 10.1. The number of rotatable bonds is 5. The SMILES string of the molecule is CN(C)CCc1cn(S(=O)(=O)c2ccccc2Br)c2c(Cl)cccc12. The zero-order valence-corrected chi connectivity index (χ0v) is 17.1. The van der Waals surface area contributed by atoms with Crippen molar-refractivity contribution in [3.05, 3.63) is 63.7 Å². The molecule has 132 valence electrons. The van der Waals surface area contributed by atoms with Crippen molar-refractivity contribution >= 4 is 48.5 Å². The van der Waals surface area contributed by atoms with Crippen LogP contribution in [0.3, 0.4) is 0 Å². The van der Waals surface area contributed by atoms with Crippen LogP contribution in [0.25, 0.3) is 10.9 Å². The van der Waals surface area contributed by atoms with Crippen LogP contribution in [0.15, 0.2) is 58.0 Å². The molecule has 1 aromatic heterocycles. The van der Waals surface area contributed by atoms with Gasteiger partial charge in [0.1, 0.15) is 4.90 Å². The molecule has 1 heterocycles. The normalized spacial score (nSPS) is 12.2. The van der Waals surface area contributed by atoms with Gasteiger partial charge in [-0.15, -0.1) is 0 Å². The van der Waals surface area contributed by atoms with E-state index in [1.807, 2.05) is 26.2 Å². The van der Waals surface area contributed by atoms with Crippen LogP contribution in [-0.4, -0.2) is 37.9 Å². The van der Waals surface area contributed by atoms with Gasteiger partial charge in [0.25, 0.3) is 10.0 Å². The lowest BCUT2D eigenvalue weighted by molar-refractivity contribution is 0.414. The molecule has 0 spiro atoms. The topological polar surface area (TPSA) is 42.3 Å². The third-order valence-corrected chi connectivity index (χ3v) is 7.00. The quantitative estimate of drug-likeness (QED) is 0.589. The predicted octanol–water partition coefficient (Wildman–Crippen LogP) is 4.40. The van der Waals surface area contributed by atoms with Crippen LogP contribution >= 0.6 is 27.5 Å². The Balaban J connectivity index is 2.24. The van der Waals surface area contributed by atoms with Crippen molar-refractivity contribution < 1.29 is 8.42 Å². The molecule has 4 nitrogen and oxygen atoms in total. The molecule has 0 saturated heterocycles. The summed E-state index contributed by atoms with van der Waals surface area (Å²) in [6.07, 6.45) is 2.43. The van der Waals surface area contributed by atoms with E-state index < -0.39 is 10.0 Å². The molecule has 0 aliphatic carbocycles. The Morgan fingerprint density at radius 3 is 2.52 bits per heavy atom. The summed E-state index contributed by atoms with van der Waals surface area (Å²) in [5.41, 5.74) is 1.48. The lowest BCUT2D eigenvalue weighted by Gasteiger charge is -2.10. The van der Waals surface area contributed by atoms with Crippen LogP contribution in [0.1, 0.15) is 5.56 Å². The molecule has 0 atom stereocenters. The highest BCUT2D eigenvalue weighted by molar-refractivity contribution is 9.10. The number of fused-ring (bicyclic) bond motifs is 1. The molecule has 0 saturated carbocycles. The van der Waals surface area contributed by atoms with Crippen molar-refractivity contribution in [3.8, 4) is 0 Å². The lowest BCUT2D eigenvalue weighted by Crippen LogP contribution is -2.15. The predicted molar refractivity (Wildman–Crippen MR) is 106 cm³/mol. The third kappa shape index (κ3) is 3.49. The first kappa shape index (κ1) is 18.5. The molecule has 3 aromatic rings. The minimum absolute atomic E-state index is 0.214. The highest BCUT2D eigenvalue weighted by atomic mass is 79.9. The minimum atomic E-state index is -3.76. The van der Waals surface area contributed by atoms with Crippen molar-refractivity contribution in [2.75, 3.05) is 20.6 Å². The van der Waals surface area contributed by atoms with Crippen molar-refractivity contribution in [2.24, 2.45) is 0 Å². The molecule has 0 aliphatic heterocycles. The summed E-state index contributed by atoms with van der Waals surface area (Å²) < 4.78 is 28.3. The van der Waals surface area contributed by atoms with Gasteiger partial charge in [0.05, 0.1) is 10.5 Å². The van der Waals surface area contributed by atoms with E-state index in [0.717, 1.165) is 23.9 Å². The Bertz CT molecular complexity index is 1030. The van der Waals surface area contributed by atoms with Gasteiger partial charge in [0.15, 0.2) is 0 Å². The average molecular weight is 442 g/mol. The molecule has 7 heteroatoms. The summed E-state index contributed by atoms with van der Waals surface area (Å²) in [4.78, 5) is 2.28.